The smallest absolute Gasteiger partial charge is 0.410 e. The Kier molecular flexibility index (Phi) is 4.62. The number of hydrogen-bond donors (Lipinski definition) is 2. The zero-order chi connectivity index (χ0) is 14.8. The van der Waals surface area contributed by atoms with Crippen LogP contribution in [-0.2, 0) is 11.3 Å². The largest absolute Gasteiger partial charge is 0.444 e. The highest BCUT2D eigenvalue weighted by Gasteiger charge is 2.35. The van der Waals surface area contributed by atoms with Gasteiger partial charge in [-0.2, -0.15) is 0 Å². The monoisotopic (exact) mass is 299 g/mol. The second kappa shape index (κ2) is 6.07. The summed E-state index contributed by atoms with van der Waals surface area (Å²) in [5.74, 6) is 0. The Morgan fingerprint density at radius 3 is 2.95 bits per heavy atom. The van der Waals surface area contributed by atoms with Crippen molar-refractivity contribution < 1.29 is 14.6 Å². The first-order chi connectivity index (χ1) is 9.35. The average molecular weight is 299 g/mol. The van der Waals surface area contributed by atoms with Gasteiger partial charge < -0.3 is 20.1 Å². The van der Waals surface area contributed by atoms with E-state index in [1.165, 1.54) is 4.90 Å². The lowest BCUT2D eigenvalue weighted by Gasteiger charge is -2.24. The van der Waals surface area contributed by atoms with Gasteiger partial charge in [-0.1, -0.05) is 0 Å². The first-order valence-corrected chi connectivity index (χ1v) is 7.51. The molecule has 1 amide bonds. The van der Waals surface area contributed by atoms with Crippen LogP contribution in [0.25, 0.3) is 0 Å². The molecule has 0 spiro atoms. The number of nitrogens with one attached hydrogen (secondary N) is 1. The molecule has 0 unspecified atom stereocenters. The molecular weight excluding hydrogens is 278 g/mol. The minimum atomic E-state index is -0.581. The summed E-state index contributed by atoms with van der Waals surface area (Å²) in [6, 6.07) is -0.147. The van der Waals surface area contributed by atoms with Crippen LogP contribution in [0.4, 0.5) is 4.79 Å². The average Bonchev–Trinajstić information content (AvgIpc) is 2.93. The van der Waals surface area contributed by atoms with Gasteiger partial charge in [-0.25, -0.2) is 9.78 Å². The number of ether oxygens (including phenoxy) is 1. The van der Waals surface area contributed by atoms with Crippen LogP contribution in [0.2, 0.25) is 0 Å². The van der Waals surface area contributed by atoms with Crippen molar-refractivity contribution in [2.24, 2.45) is 0 Å². The Labute approximate surface area is 122 Å². The van der Waals surface area contributed by atoms with E-state index in [0.29, 0.717) is 19.6 Å². The number of β-amino-alcohol motifs (C(OH)–C–C–N with tert-alkyl or cyclic N) is 1. The van der Waals surface area contributed by atoms with Crippen LogP contribution in [-0.4, -0.2) is 51.9 Å². The highest BCUT2D eigenvalue weighted by atomic mass is 32.1. The second-order valence-electron chi connectivity index (χ2n) is 5.87. The molecule has 0 saturated carbocycles. The summed E-state index contributed by atoms with van der Waals surface area (Å²) in [7, 11) is 0. The van der Waals surface area contributed by atoms with Crippen LogP contribution < -0.4 is 5.32 Å². The van der Waals surface area contributed by atoms with E-state index in [4.69, 9.17) is 4.74 Å². The van der Waals surface area contributed by atoms with Crippen molar-refractivity contribution in [1.82, 2.24) is 15.2 Å². The second-order valence-corrected chi connectivity index (χ2v) is 6.85. The van der Waals surface area contributed by atoms with Crippen molar-refractivity contribution >= 4 is 17.4 Å². The van der Waals surface area contributed by atoms with Crippen LogP contribution in [0, 0.1) is 0 Å². The number of aliphatic hydroxyl groups is 1. The third-order valence-corrected chi connectivity index (χ3v) is 3.72. The van der Waals surface area contributed by atoms with Crippen LogP contribution in [0.5, 0.6) is 0 Å². The van der Waals surface area contributed by atoms with E-state index in [1.54, 1.807) is 17.5 Å². The molecular formula is C13H21N3O3S. The Balaban J connectivity index is 1.84. The molecule has 1 aromatic heterocycles. The SMILES string of the molecule is CC(C)(C)OC(=O)N1C[C@H](NCc2nccs2)[C@@H](O)C1. The van der Waals surface area contributed by atoms with E-state index >= 15 is 0 Å². The summed E-state index contributed by atoms with van der Waals surface area (Å²) in [4.78, 5) is 17.7. The molecule has 20 heavy (non-hydrogen) atoms. The van der Waals surface area contributed by atoms with Gasteiger partial charge in [0.15, 0.2) is 0 Å². The number of carbonyl (C=O) groups is 1. The van der Waals surface area contributed by atoms with Gasteiger partial charge in [0.05, 0.1) is 18.7 Å². The lowest BCUT2D eigenvalue weighted by molar-refractivity contribution is 0.0270. The van der Waals surface area contributed by atoms with Gasteiger partial charge in [0.25, 0.3) is 0 Å². The molecule has 2 heterocycles. The predicted octanol–water partition coefficient (Wildman–Crippen LogP) is 1.21. The quantitative estimate of drug-likeness (QED) is 0.877. The highest BCUT2D eigenvalue weighted by molar-refractivity contribution is 7.09. The standard InChI is InChI=1S/C13H21N3O3S/c1-13(2,3)19-12(18)16-7-9(10(17)8-16)15-6-11-14-4-5-20-11/h4-5,9-10,15,17H,6-8H2,1-3H3/t9-,10-/m0/s1. The summed E-state index contributed by atoms with van der Waals surface area (Å²) in [5.41, 5.74) is -0.519. The third kappa shape index (κ3) is 4.16. The molecule has 2 atom stereocenters. The van der Waals surface area contributed by atoms with E-state index in [2.05, 4.69) is 10.3 Å². The lowest BCUT2D eigenvalue weighted by Crippen LogP contribution is -2.39. The maximum Gasteiger partial charge on any atom is 0.410 e. The Morgan fingerprint density at radius 1 is 1.60 bits per heavy atom. The topological polar surface area (TPSA) is 74.7 Å². The number of amides is 1. The molecule has 2 N–H and O–H groups in total. The number of thiazole rings is 1. The van der Waals surface area contributed by atoms with Gasteiger partial charge in [-0.3, -0.25) is 0 Å². The van der Waals surface area contributed by atoms with Gasteiger partial charge in [0, 0.05) is 24.7 Å². The maximum absolute atomic E-state index is 11.9. The number of aromatic nitrogens is 1. The number of likely N-dealkylation sites (tertiary alicyclic amines) is 1. The molecule has 7 heteroatoms. The molecule has 6 nitrogen and oxygen atoms in total. The van der Waals surface area contributed by atoms with Gasteiger partial charge in [-0.15, -0.1) is 11.3 Å². The fraction of sp³-hybridized carbons (Fsp3) is 0.692. The molecule has 1 aromatic rings. The predicted molar refractivity (Wildman–Crippen MR) is 76.6 cm³/mol. The molecule has 1 aliphatic heterocycles. The van der Waals surface area contributed by atoms with Crippen molar-refractivity contribution in [3.05, 3.63) is 16.6 Å². The molecule has 2 rings (SSSR count). The van der Waals surface area contributed by atoms with E-state index in [-0.39, 0.29) is 12.1 Å². The molecule has 0 aromatic carbocycles. The van der Waals surface area contributed by atoms with Gasteiger partial charge in [-0.05, 0) is 20.8 Å². The van der Waals surface area contributed by atoms with Crippen LogP contribution in [0.3, 0.4) is 0 Å². The van der Waals surface area contributed by atoms with E-state index in [9.17, 15) is 9.90 Å². The lowest BCUT2D eigenvalue weighted by atomic mass is 10.2. The number of carbonyl (C=O) groups excluding carboxylic acids is 1. The fourth-order valence-corrected chi connectivity index (χ4v) is 2.59. The van der Waals surface area contributed by atoms with Crippen LogP contribution >= 0.6 is 11.3 Å². The molecule has 1 aliphatic rings. The Hall–Kier alpha value is -1.18. The Bertz CT molecular complexity index is 444. The van der Waals surface area contributed by atoms with Crippen LogP contribution in [0.15, 0.2) is 11.6 Å². The number of nitrogens with zero attached hydrogens (tertiary/aromatic N) is 2. The third-order valence-electron chi connectivity index (χ3n) is 2.94. The van der Waals surface area contributed by atoms with Crippen molar-refractivity contribution in [2.75, 3.05) is 13.1 Å². The summed E-state index contributed by atoms with van der Waals surface area (Å²) in [6.07, 6.45) is 0.789. The van der Waals surface area contributed by atoms with Crippen molar-refractivity contribution in [1.29, 1.82) is 0 Å². The van der Waals surface area contributed by atoms with Crippen molar-refractivity contribution in [2.45, 2.75) is 45.1 Å². The summed E-state index contributed by atoms with van der Waals surface area (Å²) in [6.45, 7) is 6.83. The van der Waals surface area contributed by atoms with Crippen LogP contribution in [0.1, 0.15) is 25.8 Å². The van der Waals surface area contributed by atoms with E-state index in [1.807, 2.05) is 26.2 Å². The van der Waals surface area contributed by atoms with Crippen molar-refractivity contribution in [3.63, 3.8) is 0 Å². The normalized spacial score (nSPS) is 23.1. The first kappa shape index (κ1) is 15.2. The minimum absolute atomic E-state index is 0.147. The summed E-state index contributed by atoms with van der Waals surface area (Å²) in [5, 5.41) is 16.1. The van der Waals surface area contributed by atoms with Crippen molar-refractivity contribution in [3.8, 4) is 0 Å². The number of aliphatic hydroxyl groups excluding tert-OH is 1. The van der Waals surface area contributed by atoms with Gasteiger partial charge in [0.1, 0.15) is 10.6 Å². The zero-order valence-corrected chi connectivity index (χ0v) is 12.8. The van der Waals surface area contributed by atoms with Gasteiger partial charge >= 0.3 is 6.09 Å². The fourth-order valence-electron chi connectivity index (χ4n) is 2.02. The molecule has 0 bridgehead atoms. The Morgan fingerprint density at radius 2 is 2.35 bits per heavy atom. The molecule has 0 aliphatic carbocycles. The molecule has 112 valence electrons. The molecule has 1 saturated heterocycles. The van der Waals surface area contributed by atoms with E-state index < -0.39 is 11.7 Å². The zero-order valence-electron chi connectivity index (χ0n) is 12.0. The van der Waals surface area contributed by atoms with E-state index in [0.717, 1.165) is 5.01 Å². The van der Waals surface area contributed by atoms with Gasteiger partial charge in [0.2, 0.25) is 0 Å². The molecule has 1 fully saturated rings. The highest BCUT2D eigenvalue weighted by Crippen LogP contribution is 2.16. The summed E-state index contributed by atoms with van der Waals surface area (Å²) < 4.78 is 5.31. The minimum Gasteiger partial charge on any atom is -0.444 e. The maximum atomic E-state index is 11.9. The number of rotatable bonds is 3. The number of hydrogen-bond acceptors (Lipinski definition) is 6. The molecule has 0 radical (unpaired) electrons. The first-order valence-electron chi connectivity index (χ1n) is 6.63. The summed E-state index contributed by atoms with van der Waals surface area (Å²) >= 11 is 1.56.